The summed E-state index contributed by atoms with van der Waals surface area (Å²) in [6.45, 7) is 5.42. The minimum Gasteiger partial charge on any atom is -0.497 e. The Morgan fingerprint density at radius 3 is 2.40 bits per heavy atom. The average molecular weight is 425 g/mol. The number of aryl methyl sites for hydroxylation is 1. The maximum atomic E-state index is 6.44. The van der Waals surface area contributed by atoms with Crippen molar-refractivity contribution < 1.29 is 4.74 Å². The van der Waals surface area contributed by atoms with Gasteiger partial charge in [0.1, 0.15) is 17.8 Å². The molecule has 0 spiro atoms. The molecule has 0 saturated carbocycles. The fourth-order valence-corrected chi connectivity index (χ4v) is 3.74. The standard InChI is InChI=1S/C22H25ClN6O/c1-15-3-4-16(23)13-19(15)27-21-20(24)22(26-14-25-21)29-11-9-28(10-12-29)17-5-7-18(30-2)8-6-17/h3-8,13-14H,9-12,24H2,1-2H3,(H,25,26,27). The molecule has 0 unspecified atom stereocenters. The molecule has 3 N–H and O–H groups in total. The van der Waals surface area contributed by atoms with E-state index in [0.717, 1.165) is 49.0 Å². The second-order valence-electron chi connectivity index (χ2n) is 7.22. The molecule has 0 bridgehead atoms. The predicted octanol–water partition coefficient (Wildman–Crippen LogP) is 4.10. The molecule has 4 rings (SSSR count). The van der Waals surface area contributed by atoms with Crippen LogP contribution in [0.5, 0.6) is 5.75 Å². The molecular formula is C22H25ClN6O. The van der Waals surface area contributed by atoms with Crippen molar-refractivity contribution in [2.45, 2.75) is 6.92 Å². The number of rotatable bonds is 5. The molecule has 1 fully saturated rings. The molecule has 7 nitrogen and oxygen atoms in total. The summed E-state index contributed by atoms with van der Waals surface area (Å²) in [5, 5.41) is 3.95. The van der Waals surface area contributed by atoms with Crippen LogP contribution in [-0.2, 0) is 0 Å². The number of nitrogen functional groups attached to an aromatic ring is 1. The van der Waals surface area contributed by atoms with E-state index in [-0.39, 0.29) is 0 Å². The Morgan fingerprint density at radius 1 is 1.00 bits per heavy atom. The van der Waals surface area contributed by atoms with Gasteiger partial charge in [0.15, 0.2) is 11.6 Å². The van der Waals surface area contributed by atoms with Crippen LogP contribution in [0.15, 0.2) is 48.8 Å². The number of aromatic nitrogens is 2. The van der Waals surface area contributed by atoms with Crippen LogP contribution in [0.3, 0.4) is 0 Å². The van der Waals surface area contributed by atoms with Crippen molar-refractivity contribution in [3.63, 3.8) is 0 Å². The van der Waals surface area contributed by atoms with Crippen LogP contribution >= 0.6 is 11.6 Å². The molecule has 156 valence electrons. The minimum atomic E-state index is 0.537. The molecule has 1 aliphatic rings. The Labute approximate surface area is 181 Å². The van der Waals surface area contributed by atoms with E-state index in [1.165, 1.54) is 5.69 Å². The second-order valence-corrected chi connectivity index (χ2v) is 7.65. The number of nitrogens with two attached hydrogens (primary N) is 1. The molecule has 0 aliphatic carbocycles. The van der Waals surface area contributed by atoms with Gasteiger partial charge in [0, 0.05) is 42.6 Å². The quantitative estimate of drug-likeness (QED) is 0.638. The van der Waals surface area contributed by atoms with Gasteiger partial charge in [0.2, 0.25) is 0 Å². The number of nitrogens with zero attached hydrogens (tertiary/aromatic N) is 4. The van der Waals surface area contributed by atoms with E-state index < -0.39 is 0 Å². The molecule has 8 heteroatoms. The molecule has 1 saturated heterocycles. The second kappa shape index (κ2) is 8.67. The first-order valence-corrected chi connectivity index (χ1v) is 10.2. The summed E-state index contributed by atoms with van der Waals surface area (Å²) in [5.74, 6) is 2.20. The van der Waals surface area contributed by atoms with Crippen LogP contribution in [0.4, 0.5) is 28.7 Å². The lowest BCUT2D eigenvalue weighted by atomic mass is 10.2. The molecule has 1 aromatic heterocycles. The Morgan fingerprint density at radius 2 is 1.70 bits per heavy atom. The van der Waals surface area contributed by atoms with Gasteiger partial charge in [-0.1, -0.05) is 17.7 Å². The molecule has 0 atom stereocenters. The van der Waals surface area contributed by atoms with Crippen molar-refractivity contribution in [2.24, 2.45) is 0 Å². The molecule has 0 radical (unpaired) electrons. The third-order valence-electron chi connectivity index (χ3n) is 5.33. The maximum absolute atomic E-state index is 6.44. The normalized spacial score (nSPS) is 14.0. The van der Waals surface area contributed by atoms with E-state index in [9.17, 15) is 0 Å². The molecule has 3 aromatic rings. The fourth-order valence-electron chi connectivity index (χ4n) is 3.56. The van der Waals surface area contributed by atoms with Gasteiger partial charge in [0.05, 0.1) is 7.11 Å². The van der Waals surface area contributed by atoms with Gasteiger partial charge in [-0.05, 0) is 48.9 Å². The Bertz CT molecular complexity index is 1020. The SMILES string of the molecule is COc1ccc(N2CCN(c3ncnc(Nc4cc(Cl)ccc4C)c3N)CC2)cc1. The van der Waals surface area contributed by atoms with Crippen molar-refractivity contribution in [1.29, 1.82) is 0 Å². The van der Waals surface area contributed by atoms with Crippen molar-refractivity contribution >= 4 is 40.3 Å². The highest BCUT2D eigenvalue weighted by atomic mass is 35.5. The first-order chi connectivity index (χ1) is 14.5. The monoisotopic (exact) mass is 424 g/mol. The first kappa shape index (κ1) is 20.1. The number of anilines is 5. The Kier molecular flexibility index (Phi) is 5.81. The summed E-state index contributed by atoms with van der Waals surface area (Å²) < 4.78 is 5.24. The van der Waals surface area contributed by atoms with Gasteiger partial charge in [-0.3, -0.25) is 0 Å². The zero-order valence-electron chi connectivity index (χ0n) is 17.1. The molecule has 1 aliphatic heterocycles. The molecule has 30 heavy (non-hydrogen) atoms. The number of hydrogen-bond acceptors (Lipinski definition) is 7. The zero-order chi connectivity index (χ0) is 21.1. The highest BCUT2D eigenvalue weighted by Crippen LogP contribution is 2.31. The number of piperazine rings is 1. The third-order valence-corrected chi connectivity index (χ3v) is 5.57. The van der Waals surface area contributed by atoms with E-state index in [2.05, 4.69) is 37.2 Å². The molecular weight excluding hydrogens is 400 g/mol. The molecule has 2 heterocycles. The van der Waals surface area contributed by atoms with E-state index in [1.54, 1.807) is 13.4 Å². The number of halogens is 1. The van der Waals surface area contributed by atoms with Crippen molar-refractivity contribution in [3.8, 4) is 5.75 Å². The average Bonchev–Trinajstić information content (AvgIpc) is 2.78. The Balaban J connectivity index is 1.47. The first-order valence-electron chi connectivity index (χ1n) is 9.83. The van der Waals surface area contributed by atoms with Crippen LogP contribution in [0.25, 0.3) is 0 Å². The van der Waals surface area contributed by atoms with Crippen LogP contribution in [0.1, 0.15) is 5.56 Å². The third kappa shape index (κ3) is 4.21. The van der Waals surface area contributed by atoms with Gasteiger partial charge >= 0.3 is 0 Å². The van der Waals surface area contributed by atoms with E-state index in [4.69, 9.17) is 22.1 Å². The summed E-state index contributed by atoms with van der Waals surface area (Å²) in [6.07, 6.45) is 1.55. The van der Waals surface area contributed by atoms with Crippen LogP contribution in [0, 0.1) is 6.92 Å². The fraction of sp³-hybridized carbons (Fsp3) is 0.273. The smallest absolute Gasteiger partial charge is 0.159 e. The minimum absolute atomic E-state index is 0.537. The van der Waals surface area contributed by atoms with Crippen molar-refractivity contribution in [1.82, 2.24) is 9.97 Å². The molecule has 2 aromatic carbocycles. The van der Waals surface area contributed by atoms with E-state index in [0.29, 0.717) is 16.5 Å². The Hall–Kier alpha value is -3.19. The number of ether oxygens (including phenoxy) is 1. The van der Waals surface area contributed by atoms with Crippen molar-refractivity contribution in [3.05, 3.63) is 59.4 Å². The van der Waals surface area contributed by atoms with E-state index >= 15 is 0 Å². The zero-order valence-corrected chi connectivity index (χ0v) is 17.9. The van der Waals surface area contributed by atoms with Gasteiger partial charge in [0.25, 0.3) is 0 Å². The topological polar surface area (TPSA) is 79.5 Å². The van der Waals surface area contributed by atoms with Crippen LogP contribution in [0.2, 0.25) is 5.02 Å². The van der Waals surface area contributed by atoms with Gasteiger partial charge in [-0.25, -0.2) is 9.97 Å². The molecule has 0 amide bonds. The highest BCUT2D eigenvalue weighted by Gasteiger charge is 2.22. The lowest BCUT2D eigenvalue weighted by Crippen LogP contribution is -2.47. The van der Waals surface area contributed by atoms with Gasteiger partial charge in [-0.15, -0.1) is 0 Å². The van der Waals surface area contributed by atoms with Crippen molar-refractivity contribution in [2.75, 3.05) is 54.1 Å². The number of hydrogen-bond donors (Lipinski definition) is 2. The summed E-state index contributed by atoms with van der Waals surface area (Å²) in [5.41, 5.74) is 10.1. The van der Waals surface area contributed by atoms with Gasteiger partial charge < -0.3 is 25.6 Å². The number of benzene rings is 2. The van der Waals surface area contributed by atoms with Crippen LogP contribution in [-0.4, -0.2) is 43.3 Å². The summed E-state index contributed by atoms with van der Waals surface area (Å²) in [6, 6.07) is 13.8. The maximum Gasteiger partial charge on any atom is 0.159 e. The lowest BCUT2D eigenvalue weighted by molar-refractivity contribution is 0.415. The highest BCUT2D eigenvalue weighted by molar-refractivity contribution is 6.30. The summed E-state index contributed by atoms with van der Waals surface area (Å²) in [7, 11) is 1.68. The number of methoxy groups -OCH3 is 1. The van der Waals surface area contributed by atoms with Gasteiger partial charge in [-0.2, -0.15) is 0 Å². The lowest BCUT2D eigenvalue weighted by Gasteiger charge is -2.37. The number of nitrogens with one attached hydrogen (secondary N) is 1. The summed E-state index contributed by atoms with van der Waals surface area (Å²) >= 11 is 6.13. The van der Waals surface area contributed by atoms with Crippen LogP contribution < -0.4 is 25.6 Å². The summed E-state index contributed by atoms with van der Waals surface area (Å²) in [4.78, 5) is 13.3. The largest absolute Gasteiger partial charge is 0.497 e. The van der Waals surface area contributed by atoms with E-state index in [1.807, 2.05) is 37.3 Å². The predicted molar refractivity (Wildman–Crippen MR) is 123 cm³/mol.